The predicted molar refractivity (Wildman–Crippen MR) is 128 cm³/mol. The number of rotatable bonds is 5. The molecule has 0 aliphatic carbocycles. The molecule has 1 unspecified atom stereocenters. The van der Waals surface area contributed by atoms with Crippen LogP contribution in [0.1, 0.15) is 28.3 Å². The third-order valence-corrected chi connectivity index (χ3v) is 6.25. The van der Waals surface area contributed by atoms with Gasteiger partial charge in [0.05, 0.1) is 23.2 Å². The van der Waals surface area contributed by atoms with E-state index in [1.54, 1.807) is 24.3 Å². The van der Waals surface area contributed by atoms with Crippen LogP contribution in [0.5, 0.6) is 11.5 Å². The number of amides is 1. The van der Waals surface area contributed by atoms with Crippen molar-refractivity contribution in [3.63, 3.8) is 0 Å². The van der Waals surface area contributed by atoms with Gasteiger partial charge in [-0.25, -0.2) is 0 Å². The van der Waals surface area contributed by atoms with Crippen LogP contribution in [-0.2, 0) is 16.1 Å². The first-order chi connectivity index (χ1) is 15.8. The number of aryl methyl sites for hydroxylation is 1. The first-order valence-corrected chi connectivity index (χ1v) is 11.1. The molecule has 1 aliphatic rings. The number of nitrogens with zero attached hydrogens (tertiary/aromatic N) is 1. The van der Waals surface area contributed by atoms with Gasteiger partial charge in [-0.05, 0) is 46.1 Å². The highest BCUT2D eigenvalue weighted by molar-refractivity contribution is 9.10. The fraction of sp³-hybridized carbons (Fsp3) is 0.154. The van der Waals surface area contributed by atoms with Crippen LogP contribution in [0.2, 0.25) is 0 Å². The number of methoxy groups -OCH3 is 1. The summed E-state index contributed by atoms with van der Waals surface area (Å²) < 4.78 is 5.62. The van der Waals surface area contributed by atoms with Crippen LogP contribution in [0.4, 0.5) is 0 Å². The Hall–Kier alpha value is -3.58. The Morgan fingerprint density at radius 3 is 2.36 bits per heavy atom. The second-order valence-electron chi connectivity index (χ2n) is 7.83. The highest BCUT2D eigenvalue weighted by Crippen LogP contribution is 2.44. The highest BCUT2D eigenvalue weighted by Gasteiger charge is 2.46. The summed E-state index contributed by atoms with van der Waals surface area (Å²) in [6.45, 7) is 2.09. The number of halogens is 1. The van der Waals surface area contributed by atoms with E-state index in [1.165, 1.54) is 12.0 Å². The average molecular weight is 508 g/mol. The molecule has 3 aromatic rings. The molecule has 33 heavy (non-hydrogen) atoms. The van der Waals surface area contributed by atoms with E-state index in [1.807, 2.05) is 49.4 Å². The molecule has 0 bridgehead atoms. The average Bonchev–Trinajstić information content (AvgIpc) is 3.06. The number of carbonyl (C=O) groups excluding carboxylic acids is 2. The summed E-state index contributed by atoms with van der Waals surface area (Å²) in [6.07, 6.45) is 0. The van der Waals surface area contributed by atoms with Crippen molar-refractivity contribution in [2.24, 2.45) is 0 Å². The summed E-state index contributed by atoms with van der Waals surface area (Å²) in [5.74, 6) is -1.64. The SMILES string of the molecule is COc1cc(C2C(=C(O)c3ccc(C)cc3)C(=O)C(=O)N2Cc2ccccc2)cc(Br)c1O. The molecule has 1 aliphatic heterocycles. The molecule has 4 rings (SSSR count). The van der Waals surface area contributed by atoms with Crippen LogP contribution < -0.4 is 4.74 Å². The van der Waals surface area contributed by atoms with Crippen LogP contribution >= 0.6 is 15.9 Å². The van der Waals surface area contributed by atoms with Crippen LogP contribution in [0.25, 0.3) is 5.76 Å². The van der Waals surface area contributed by atoms with E-state index >= 15 is 0 Å². The second-order valence-corrected chi connectivity index (χ2v) is 8.69. The number of phenols is 1. The van der Waals surface area contributed by atoms with E-state index in [4.69, 9.17) is 4.74 Å². The van der Waals surface area contributed by atoms with Crippen molar-refractivity contribution < 1.29 is 24.5 Å². The Morgan fingerprint density at radius 2 is 1.73 bits per heavy atom. The smallest absolute Gasteiger partial charge is 0.295 e. The largest absolute Gasteiger partial charge is 0.507 e. The van der Waals surface area contributed by atoms with E-state index in [0.717, 1.165) is 11.1 Å². The first kappa shape index (κ1) is 22.6. The third-order valence-electron chi connectivity index (χ3n) is 5.65. The molecule has 3 aromatic carbocycles. The number of likely N-dealkylation sites (tertiary alicyclic amines) is 1. The zero-order valence-electron chi connectivity index (χ0n) is 18.1. The molecule has 1 fully saturated rings. The minimum absolute atomic E-state index is 0.0144. The molecule has 7 heteroatoms. The number of carbonyl (C=O) groups is 2. The molecule has 0 spiro atoms. The van der Waals surface area contributed by atoms with Gasteiger partial charge in [-0.3, -0.25) is 9.59 Å². The van der Waals surface area contributed by atoms with Crippen molar-refractivity contribution in [1.82, 2.24) is 4.90 Å². The molecule has 1 amide bonds. The van der Waals surface area contributed by atoms with Crippen LogP contribution in [0, 0.1) is 6.92 Å². The standard InChI is InChI=1S/C26H22BrNO5/c1-15-8-10-17(11-9-15)23(29)21-22(18-12-19(27)24(30)20(13-18)33-2)28(26(32)25(21)31)14-16-6-4-3-5-7-16/h3-13,22,29-30H,14H2,1-2H3. The lowest BCUT2D eigenvalue weighted by atomic mass is 9.94. The highest BCUT2D eigenvalue weighted by atomic mass is 79.9. The number of hydrogen-bond acceptors (Lipinski definition) is 5. The Balaban J connectivity index is 1.92. The van der Waals surface area contributed by atoms with E-state index < -0.39 is 17.7 Å². The topological polar surface area (TPSA) is 87.1 Å². The molecule has 2 N–H and O–H groups in total. The van der Waals surface area contributed by atoms with Crippen LogP contribution in [-0.4, -0.2) is 33.9 Å². The minimum Gasteiger partial charge on any atom is -0.507 e. The van der Waals surface area contributed by atoms with Gasteiger partial charge in [0.15, 0.2) is 11.5 Å². The number of phenolic OH excluding ortho intramolecular Hbond substituents is 1. The Kier molecular flexibility index (Phi) is 6.24. The summed E-state index contributed by atoms with van der Waals surface area (Å²) in [4.78, 5) is 27.7. The fourth-order valence-corrected chi connectivity index (χ4v) is 4.40. The molecular formula is C26H22BrNO5. The lowest BCUT2D eigenvalue weighted by molar-refractivity contribution is -0.140. The number of aliphatic hydroxyl groups is 1. The maximum Gasteiger partial charge on any atom is 0.295 e. The monoisotopic (exact) mass is 507 g/mol. The van der Waals surface area contributed by atoms with Crippen molar-refractivity contribution in [2.75, 3.05) is 7.11 Å². The van der Waals surface area contributed by atoms with E-state index in [9.17, 15) is 19.8 Å². The third kappa shape index (κ3) is 4.24. The van der Waals surface area contributed by atoms with Crippen LogP contribution in [0.3, 0.4) is 0 Å². The fourth-order valence-electron chi connectivity index (χ4n) is 3.94. The van der Waals surface area contributed by atoms with Gasteiger partial charge in [-0.1, -0.05) is 60.2 Å². The van der Waals surface area contributed by atoms with Crippen molar-refractivity contribution >= 4 is 33.4 Å². The number of ether oxygens (including phenoxy) is 1. The molecule has 168 valence electrons. The summed E-state index contributed by atoms with van der Waals surface area (Å²) in [6, 6.07) is 18.7. The maximum absolute atomic E-state index is 13.2. The number of benzene rings is 3. The van der Waals surface area contributed by atoms with Gasteiger partial charge in [0.25, 0.3) is 11.7 Å². The Morgan fingerprint density at radius 1 is 1.06 bits per heavy atom. The van der Waals surface area contributed by atoms with Crippen LogP contribution in [0.15, 0.2) is 76.8 Å². The van der Waals surface area contributed by atoms with E-state index in [0.29, 0.717) is 15.6 Å². The maximum atomic E-state index is 13.2. The number of hydrogen-bond donors (Lipinski definition) is 2. The quantitative estimate of drug-likeness (QED) is 0.285. The van der Waals surface area contributed by atoms with Gasteiger partial charge < -0.3 is 19.8 Å². The zero-order valence-corrected chi connectivity index (χ0v) is 19.7. The summed E-state index contributed by atoms with van der Waals surface area (Å²) in [5, 5.41) is 21.4. The lowest BCUT2D eigenvalue weighted by Crippen LogP contribution is -2.29. The molecule has 1 saturated heterocycles. The van der Waals surface area contributed by atoms with Gasteiger partial charge >= 0.3 is 0 Å². The molecule has 0 radical (unpaired) electrons. The van der Waals surface area contributed by atoms with E-state index in [-0.39, 0.29) is 29.4 Å². The molecule has 6 nitrogen and oxygen atoms in total. The van der Waals surface area contributed by atoms with Crippen molar-refractivity contribution in [2.45, 2.75) is 19.5 Å². The van der Waals surface area contributed by atoms with Crippen molar-refractivity contribution in [1.29, 1.82) is 0 Å². The minimum atomic E-state index is -0.877. The van der Waals surface area contributed by atoms with E-state index in [2.05, 4.69) is 15.9 Å². The molecule has 0 aromatic heterocycles. The van der Waals surface area contributed by atoms with Gasteiger partial charge in [0.1, 0.15) is 5.76 Å². The van der Waals surface area contributed by atoms with Gasteiger partial charge in [-0.2, -0.15) is 0 Å². The predicted octanol–water partition coefficient (Wildman–Crippen LogP) is 5.09. The normalized spacial score (nSPS) is 17.4. The van der Waals surface area contributed by atoms with Gasteiger partial charge in [0, 0.05) is 12.1 Å². The van der Waals surface area contributed by atoms with Crippen molar-refractivity contribution in [3.8, 4) is 11.5 Å². The molecule has 1 atom stereocenters. The summed E-state index contributed by atoms with van der Waals surface area (Å²) in [7, 11) is 1.42. The number of aromatic hydroxyl groups is 1. The number of ketones is 1. The molecule has 1 heterocycles. The molecule has 0 saturated carbocycles. The Labute approximate surface area is 199 Å². The summed E-state index contributed by atoms with van der Waals surface area (Å²) in [5.41, 5.74) is 2.78. The van der Waals surface area contributed by atoms with Gasteiger partial charge in [0.2, 0.25) is 0 Å². The second kappa shape index (κ2) is 9.11. The Bertz CT molecular complexity index is 1250. The van der Waals surface area contributed by atoms with Gasteiger partial charge in [-0.15, -0.1) is 0 Å². The number of aliphatic hydroxyl groups excluding tert-OH is 1. The van der Waals surface area contributed by atoms with Crippen molar-refractivity contribution in [3.05, 3.63) is 99.0 Å². The number of Topliss-reactive ketones (excluding diaryl/α,β-unsaturated/α-hetero) is 1. The first-order valence-electron chi connectivity index (χ1n) is 10.3. The lowest BCUT2D eigenvalue weighted by Gasteiger charge is -2.26. The summed E-state index contributed by atoms with van der Waals surface area (Å²) >= 11 is 3.31. The molecular weight excluding hydrogens is 486 g/mol. The zero-order chi connectivity index (χ0) is 23.7.